The van der Waals surface area contributed by atoms with Gasteiger partial charge in [0.2, 0.25) is 0 Å². The van der Waals surface area contributed by atoms with Crippen LogP contribution in [0, 0.1) is 5.82 Å². The molecule has 0 saturated heterocycles. The lowest BCUT2D eigenvalue weighted by Crippen LogP contribution is -2.21. The molecule has 5 heteroatoms. The minimum Gasteiger partial charge on any atom is -0.488 e. The lowest BCUT2D eigenvalue weighted by Gasteiger charge is -2.14. The van der Waals surface area contributed by atoms with Gasteiger partial charge in [0, 0.05) is 17.7 Å². The molecule has 2 aromatic carbocycles. The van der Waals surface area contributed by atoms with E-state index in [-0.39, 0.29) is 12.4 Å². The maximum absolute atomic E-state index is 13.8. The SMILES string of the molecule is CN(C)CCCNCc1ccccc1OCc1c(F)cccc1Cl. The number of hydrogen-bond donors (Lipinski definition) is 1. The molecule has 2 aromatic rings. The van der Waals surface area contributed by atoms with Crippen LogP contribution in [-0.2, 0) is 13.2 Å². The fraction of sp³-hybridized carbons (Fsp3) is 0.368. The molecule has 0 atom stereocenters. The minimum absolute atomic E-state index is 0.114. The van der Waals surface area contributed by atoms with E-state index in [0.29, 0.717) is 17.1 Å². The molecule has 0 bridgehead atoms. The van der Waals surface area contributed by atoms with Crippen LogP contribution < -0.4 is 10.1 Å². The smallest absolute Gasteiger partial charge is 0.131 e. The Morgan fingerprint density at radius 2 is 1.92 bits per heavy atom. The first-order valence-corrected chi connectivity index (χ1v) is 8.44. The van der Waals surface area contributed by atoms with Crippen molar-refractivity contribution in [1.29, 1.82) is 0 Å². The van der Waals surface area contributed by atoms with E-state index in [2.05, 4.69) is 24.3 Å². The summed E-state index contributed by atoms with van der Waals surface area (Å²) in [6, 6.07) is 12.4. The van der Waals surface area contributed by atoms with Crippen molar-refractivity contribution in [1.82, 2.24) is 10.2 Å². The molecule has 0 aliphatic rings. The van der Waals surface area contributed by atoms with E-state index >= 15 is 0 Å². The molecule has 0 fully saturated rings. The molecule has 2 rings (SSSR count). The fourth-order valence-corrected chi connectivity index (χ4v) is 2.57. The van der Waals surface area contributed by atoms with E-state index < -0.39 is 0 Å². The highest BCUT2D eigenvalue weighted by atomic mass is 35.5. The number of nitrogens with zero attached hydrogens (tertiary/aromatic N) is 1. The second-order valence-corrected chi connectivity index (χ2v) is 6.34. The molecule has 0 saturated carbocycles. The van der Waals surface area contributed by atoms with Crippen molar-refractivity contribution < 1.29 is 9.13 Å². The summed E-state index contributed by atoms with van der Waals surface area (Å²) < 4.78 is 19.6. The predicted octanol–water partition coefficient (Wildman–Crippen LogP) is 4.10. The molecular weight excluding hydrogens is 327 g/mol. The Bertz CT molecular complexity index is 629. The average molecular weight is 351 g/mol. The number of ether oxygens (including phenoxy) is 1. The van der Waals surface area contributed by atoms with Gasteiger partial charge in [0.15, 0.2) is 0 Å². The molecule has 3 nitrogen and oxygen atoms in total. The Morgan fingerprint density at radius 3 is 2.67 bits per heavy atom. The monoisotopic (exact) mass is 350 g/mol. The number of hydrogen-bond acceptors (Lipinski definition) is 3. The number of para-hydroxylation sites is 1. The van der Waals surface area contributed by atoms with Gasteiger partial charge in [-0.3, -0.25) is 0 Å². The molecule has 0 spiro atoms. The second kappa shape index (κ2) is 9.62. The standard InChI is InChI=1S/C19H24ClFN2O/c1-23(2)12-6-11-22-13-15-7-3-4-10-19(15)24-14-16-17(20)8-5-9-18(16)21/h3-5,7-10,22H,6,11-14H2,1-2H3. The van der Waals surface area contributed by atoms with Gasteiger partial charge in [-0.2, -0.15) is 0 Å². The summed E-state index contributed by atoms with van der Waals surface area (Å²) in [4.78, 5) is 2.16. The maximum Gasteiger partial charge on any atom is 0.131 e. The number of halogens is 2. The Hall–Kier alpha value is -1.62. The molecule has 0 aliphatic carbocycles. The molecule has 0 amide bonds. The zero-order valence-corrected chi connectivity index (χ0v) is 14.9. The zero-order chi connectivity index (χ0) is 17.4. The van der Waals surface area contributed by atoms with E-state index in [1.54, 1.807) is 12.1 Å². The highest BCUT2D eigenvalue weighted by Crippen LogP contribution is 2.23. The van der Waals surface area contributed by atoms with Gasteiger partial charge in [-0.15, -0.1) is 0 Å². The summed E-state index contributed by atoms with van der Waals surface area (Å²) >= 11 is 6.04. The van der Waals surface area contributed by atoms with Crippen LogP contribution in [0.2, 0.25) is 5.02 Å². The zero-order valence-electron chi connectivity index (χ0n) is 14.2. The summed E-state index contributed by atoms with van der Waals surface area (Å²) in [5.74, 6) is 0.402. The van der Waals surface area contributed by atoms with Crippen molar-refractivity contribution in [3.05, 3.63) is 64.4 Å². The topological polar surface area (TPSA) is 24.5 Å². The molecule has 0 radical (unpaired) electrons. The van der Waals surface area contributed by atoms with Crippen LogP contribution in [0.3, 0.4) is 0 Å². The van der Waals surface area contributed by atoms with Crippen LogP contribution in [0.1, 0.15) is 17.5 Å². The first-order chi connectivity index (χ1) is 11.6. The van der Waals surface area contributed by atoms with E-state index in [4.69, 9.17) is 16.3 Å². The first kappa shape index (κ1) is 18.7. The Balaban J connectivity index is 1.91. The number of nitrogens with one attached hydrogen (secondary N) is 1. The quantitative estimate of drug-likeness (QED) is 0.689. The Morgan fingerprint density at radius 1 is 1.12 bits per heavy atom. The van der Waals surface area contributed by atoms with Crippen LogP contribution in [-0.4, -0.2) is 32.1 Å². The van der Waals surface area contributed by atoms with Crippen LogP contribution in [0.5, 0.6) is 5.75 Å². The third-order valence-corrected chi connectivity index (χ3v) is 4.03. The van der Waals surface area contributed by atoms with Gasteiger partial charge in [0.05, 0.1) is 5.02 Å². The van der Waals surface area contributed by atoms with Gasteiger partial charge in [0.25, 0.3) is 0 Å². The lowest BCUT2D eigenvalue weighted by atomic mass is 10.2. The number of rotatable bonds is 9. The molecule has 0 aliphatic heterocycles. The van der Waals surface area contributed by atoms with Crippen molar-refractivity contribution in [3.63, 3.8) is 0 Å². The summed E-state index contributed by atoms with van der Waals surface area (Å²) in [5, 5.41) is 3.80. The van der Waals surface area contributed by atoms with Crippen LogP contribution in [0.15, 0.2) is 42.5 Å². The molecule has 1 N–H and O–H groups in total. The van der Waals surface area contributed by atoms with Gasteiger partial charge in [-0.25, -0.2) is 4.39 Å². The van der Waals surface area contributed by atoms with Gasteiger partial charge >= 0.3 is 0 Å². The molecule has 0 heterocycles. The van der Waals surface area contributed by atoms with Crippen molar-refractivity contribution in [2.45, 2.75) is 19.6 Å². The van der Waals surface area contributed by atoms with Crippen molar-refractivity contribution in [2.75, 3.05) is 27.2 Å². The molecular formula is C19H24ClFN2O. The summed E-state index contributed by atoms with van der Waals surface area (Å²) in [5.41, 5.74) is 1.43. The average Bonchev–Trinajstić information content (AvgIpc) is 2.55. The van der Waals surface area contributed by atoms with E-state index in [0.717, 1.165) is 30.8 Å². The minimum atomic E-state index is -0.346. The maximum atomic E-state index is 13.8. The summed E-state index contributed by atoms with van der Waals surface area (Å²) in [6.07, 6.45) is 1.08. The molecule has 0 aromatic heterocycles. The van der Waals surface area contributed by atoms with Crippen molar-refractivity contribution in [2.24, 2.45) is 0 Å². The second-order valence-electron chi connectivity index (χ2n) is 5.93. The predicted molar refractivity (Wildman–Crippen MR) is 97.1 cm³/mol. The lowest BCUT2D eigenvalue weighted by molar-refractivity contribution is 0.296. The highest BCUT2D eigenvalue weighted by Gasteiger charge is 2.09. The first-order valence-electron chi connectivity index (χ1n) is 8.07. The molecule has 0 unspecified atom stereocenters. The van der Waals surface area contributed by atoms with Crippen molar-refractivity contribution >= 4 is 11.6 Å². The van der Waals surface area contributed by atoms with Gasteiger partial charge < -0.3 is 15.0 Å². The van der Waals surface area contributed by atoms with E-state index in [1.807, 2.05) is 24.3 Å². The van der Waals surface area contributed by atoms with Crippen LogP contribution >= 0.6 is 11.6 Å². The van der Waals surface area contributed by atoms with Crippen LogP contribution in [0.25, 0.3) is 0 Å². The van der Waals surface area contributed by atoms with Gasteiger partial charge in [-0.1, -0.05) is 35.9 Å². The Kier molecular flexibility index (Phi) is 7.50. The third-order valence-electron chi connectivity index (χ3n) is 3.68. The van der Waals surface area contributed by atoms with Gasteiger partial charge in [0.1, 0.15) is 18.2 Å². The van der Waals surface area contributed by atoms with Gasteiger partial charge in [-0.05, 0) is 51.8 Å². The Labute approximate surface area is 148 Å². The fourth-order valence-electron chi connectivity index (χ4n) is 2.35. The van der Waals surface area contributed by atoms with Crippen LogP contribution in [0.4, 0.5) is 4.39 Å². The molecule has 24 heavy (non-hydrogen) atoms. The normalized spacial score (nSPS) is 11.0. The van der Waals surface area contributed by atoms with E-state index in [1.165, 1.54) is 6.07 Å². The third kappa shape index (κ3) is 5.78. The summed E-state index contributed by atoms with van der Waals surface area (Å²) in [7, 11) is 4.13. The molecule has 130 valence electrons. The highest BCUT2D eigenvalue weighted by molar-refractivity contribution is 6.31. The number of benzene rings is 2. The summed E-state index contributed by atoms with van der Waals surface area (Å²) in [6.45, 7) is 2.82. The van der Waals surface area contributed by atoms with E-state index in [9.17, 15) is 4.39 Å². The largest absolute Gasteiger partial charge is 0.488 e. The van der Waals surface area contributed by atoms with Crippen molar-refractivity contribution in [3.8, 4) is 5.75 Å².